The molecular formula is C22H23N3O2. The van der Waals surface area contributed by atoms with E-state index in [2.05, 4.69) is 16.4 Å². The molecule has 0 spiro atoms. The van der Waals surface area contributed by atoms with Crippen molar-refractivity contribution < 1.29 is 9.59 Å². The van der Waals surface area contributed by atoms with Crippen molar-refractivity contribution >= 4 is 22.7 Å². The molecule has 0 radical (unpaired) electrons. The molecule has 2 amide bonds. The van der Waals surface area contributed by atoms with Crippen LogP contribution in [-0.2, 0) is 6.54 Å². The number of benzene rings is 2. The number of amides is 2. The van der Waals surface area contributed by atoms with Gasteiger partial charge in [-0.1, -0.05) is 23.8 Å². The van der Waals surface area contributed by atoms with Crippen molar-refractivity contribution in [2.75, 3.05) is 13.1 Å². The van der Waals surface area contributed by atoms with E-state index in [0.717, 1.165) is 48.0 Å². The molecule has 0 atom stereocenters. The Morgan fingerprint density at radius 1 is 1.07 bits per heavy atom. The molecule has 1 aliphatic heterocycles. The highest BCUT2D eigenvalue weighted by molar-refractivity contribution is 5.98. The minimum atomic E-state index is -0.153. The molecule has 138 valence electrons. The molecule has 4 rings (SSSR count). The number of nitrogens with one attached hydrogen (secondary N) is 2. The molecule has 0 bridgehead atoms. The van der Waals surface area contributed by atoms with Gasteiger partial charge in [0.25, 0.3) is 11.8 Å². The summed E-state index contributed by atoms with van der Waals surface area (Å²) in [6.45, 7) is 4.08. The van der Waals surface area contributed by atoms with E-state index in [-0.39, 0.29) is 11.8 Å². The third-order valence-electron chi connectivity index (χ3n) is 5.04. The van der Waals surface area contributed by atoms with Crippen LogP contribution in [0.3, 0.4) is 0 Å². The molecule has 0 saturated carbocycles. The van der Waals surface area contributed by atoms with Gasteiger partial charge in [0.15, 0.2) is 0 Å². The van der Waals surface area contributed by atoms with E-state index in [1.807, 2.05) is 54.3 Å². The summed E-state index contributed by atoms with van der Waals surface area (Å²) in [5.41, 5.74) is 4.25. The van der Waals surface area contributed by atoms with Gasteiger partial charge in [0, 0.05) is 36.1 Å². The number of aryl methyl sites for hydroxylation is 1. The van der Waals surface area contributed by atoms with Crippen LogP contribution in [0.25, 0.3) is 10.9 Å². The Balaban J connectivity index is 1.43. The summed E-state index contributed by atoms with van der Waals surface area (Å²) in [7, 11) is 0. The highest BCUT2D eigenvalue weighted by Crippen LogP contribution is 2.17. The van der Waals surface area contributed by atoms with Gasteiger partial charge < -0.3 is 15.2 Å². The van der Waals surface area contributed by atoms with Crippen molar-refractivity contribution in [1.29, 1.82) is 0 Å². The van der Waals surface area contributed by atoms with Gasteiger partial charge in [-0.05, 0) is 55.7 Å². The monoisotopic (exact) mass is 361 g/mol. The summed E-state index contributed by atoms with van der Waals surface area (Å²) in [5, 5.41) is 3.96. The molecule has 0 aliphatic carbocycles. The first-order valence-corrected chi connectivity index (χ1v) is 9.36. The maximum Gasteiger partial charge on any atom is 0.267 e. The van der Waals surface area contributed by atoms with E-state index in [0.29, 0.717) is 17.8 Å². The van der Waals surface area contributed by atoms with Crippen LogP contribution in [0.2, 0.25) is 0 Å². The highest BCUT2D eigenvalue weighted by atomic mass is 16.2. The molecular weight excluding hydrogens is 338 g/mol. The minimum Gasteiger partial charge on any atom is -0.351 e. The first-order chi connectivity index (χ1) is 13.1. The number of aromatic amines is 1. The standard InChI is InChI=1S/C22H23N3O2/c1-15-7-8-19-18(11-15)13-20(24-19)21(26)23-14-16-5-4-6-17(12-16)22(27)25-9-2-3-10-25/h4-8,11-13,24H,2-3,9-10,14H2,1H3,(H,23,26). The quantitative estimate of drug-likeness (QED) is 0.745. The van der Waals surface area contributed by atoms with Crippen LogP contribution < -0.4 is 5.32 Å². The van der Waals surface area contributed by atoms with Gasteiger partial charge in [-0.15, -0.1) is 0 Å². The zero-order valence-corrected chi connectivity index (χ0v) is 15.4. The Labute approximate surface area is 158 Å². The number of likely N-dealkylation sites (tertiary alicyclic amines) is 1. The zero-order chi connectivity index (χ0) is 18.8. The largest absolute Gasteiger partial charge is 0.351 e. The Hall–Kier alpha value is -3.08. The molecule has 2 aromatic carbocycles. The lowest BCUT2D eigenvalue weighted by Gasteiger charge is -2.15. The maximum atomic E-state index is 12.5. The third-order valence-corrected chi connectivity index (χ3v) is 5.04. The van der Waals surface area contributed by atoms with Gasteiger partial charge in [0.05, 0.1) is 0 Å². The number of hydrogen-bond donors (Lipinski definition) is 2. The smallest absolute Gasteiger partial charge is 0.267 e. The van der Waals surface area contributed by atoms with Crippen LogP contribution >= 0.6 is 0 Å². The first kappa shape index (κ1) is 17.3. The van der Waals surface area contributed by atoms with E-state index >= 15 is 0 Å². The van der Waals surface area contributed by atoms with E-state index in [4.69, 9.17) is 0 Å². The molecule has 27 heavy (non-hydrogen) atoms. The molecule has 3 aromatic rings. The number of hydrogen-bond acceptors (Lipinski definition) is 2. The number of nitrogens with zero attached hydrogens (tertiary/aromatic N) is 1. The average molecular weight is 361 g/mol. The van der Waals surface area contributed by atoms with Crippen molar-refractivity contribution in [2.24, 2.45) is 0 Å². The maximum absolute atomic E-state index is 12.5. The normalized spacial score (nSPS) is 13.9. The predicted octanol–water partition coefficient (Wildman–Crippen LogP) is 3.64. The molecule has 2 heterocycles. The fourth-order valence-electron chi connectivity index (χ4n) is 3.57. The molecule has 5 nitrogen and oxygen atoms in total. The van der Waals surface area contributed by atoms with Gasteiger partial charge in [-0.25, -0.2) is 0 Å². The van der Waals surface area contributed by atoms with Crippen molar-refractivity contribution in [1.82, 2.24) is 15.2 Å². The summed E-state index contributed by atoms with van der Waals surface area (Å²) in [5.74, 6) is -0.0770. The Bertz CT molecular complexity index is 1000. The Morgan fingerprint density at radius 2 is 1.89 bits per heavy atom. The fraction of sp³-hybridized carbons (Fsp3) is 0.273. The van der Waals surface area contributed by atoms with E-state index < -0.39 is 0 Å². The van der Waals surface area contributed by atoms with Crippen LogP contribution in [0.4, 0.5) is 0 Å². The van der Waals surface area contributed by atoms with Gasteiger partial charge >= 0.3 is 0 Å². The Kier molecular flexibility index (Phi) is 4.67. The van der Waals surface area contributed by atoms with Crippen molar-refractivity contribution in [3.8, 4) is 0 Å². The zero-order valence-electron chi connectivity index (χ0n) is 15.4. The molecule has 1 aromatic heterocycles. The van der Waals surface area contributed by atoms with Crippen LogP contribution in [0.15, 0.2) is 48.5 Å². The van der Waals surface area contributed by atoms with Crippen LogP contribution in [-0.4, -0.2) is 34.8 Å². The lowest BCUT2D eigenvalue weighted by molar-refractivity contribution is 0.0792. The second-order valence-corrected chi connectivity index (χ2v) is 7.16. The Morgan fingerprint density at radius 3 is 2.70 bits per heavy atom. The SMILES string of the molecule is Cc1ccc2[nH]c(C(=O)NCc3cccc(C(=O)N4CCCC4)c3)cc2c1. The van der Waals surface area contributed by atoms with E-state index in [9.17, 15) is 9.59 Å². The van der Waals surface area contributed by atoms with Crippen LogP contribution in [0.5, 0.6) is 0 Å². The number of fused-ring (bicyclic) bond motifs is 1. The van der Waals surface area contributed by atoms with Crippen molar-refractivity contribution in [3.05, 3.63) is 70.9 Å². The minimum absolute atomic E-state index is 0.0756. The summed E-state index contributed by atoms with van der Waals surface area (Å²) in [6, 6.07) is 15.4. The molecule has 2 N–H and O–H groups in total. The van der Waals surface area contributed by atoms with Gasteiger partial charge in [-0.3, -0.25) is 9.59 Å². The van der Waals surface area contributed by atoms with E-state index in [1.165, 1.54) is 0 Å². The average Bonchev–Trinajstić information content (AvgIpc) is 3.35. The lowest BCUT2D eigenvalue weighted by atomic mass is 10.1. The first-order valence-electron chi connectivity index (χ1n) is 9.36. The van der Waals surface area contributed by atoms with Crippen molar-refractivity contribution in [3.63, 3.8) is 0 Å². The molecule has 0 unspecified atom stereocenters. The van der Waals surface area contributed by atoms with Crippen LogP contribution in [0.1, 0.15) is 44.8 Å². The summed E-state index contributed by atoms with van der Waals surface area (Å²) < 4.78 is 0. The summed E-state index contributed by atoms with van der Waals surface area (Å²) in [6.07, 6.45) is 2.15. The second kappa shape index (κ2) is 7.27. The highest BCUT2D eigenvalue weighted by Gasteiger charge is 2.19. The van der Waals surface area contributed by atoms with Gasteiger partial charge in [0.1, 0.15) is 5.69 Å². The molecule has 5 heteroatoms. The molecule has 1 aliphatic rings. The number of carbonyl (C=O) groups is 2. The number of aromatic nitrogens is 1. The summed E-state index contributed by atoms with van der Waals surface area (Å²) in [4.78, 5) is 30.0. The molecule has 1 fully saturated rings. The number of carbonyl (C=O) groups excluding carboxylic acids is 2. The lowest BCUT2D eigenvalue weighted by Crippen LogP contribution is -2.28. The number of H-pyrrole nitrogens is 1. The van der Waals surface area contributed by atoms with Crippen molar-refractivity contribution in [2.45, 2.75) is 26.3 Å². The van der Waals surface area contributed by atoms with E-state index in [1.54, 1.807) is 0 Å². The van der Waals surface area contributed by atoms with Crippen LogP contribution in [0, 0.1) is 6.92 Å². The van der Waals surface area contributed by atoms with Gasteiger partial charge in [0.2, 0.25) is 0 Å². The fourth-order valence-corrected chi connectivity index (χ4v) is 3.57. The number of rotatable bonds is 4. The summed E-state index contributed by atoms with van der Waals surface area (Å²) >= 11 is 0. The second-order valence-electron chi connectivity index (χ2n) is 7.16. The topological polar surface area (TPSA) is 65.2 Å². The van der Waals surface area contributed by atoms with Gasteiger partial charge in [-0.2, -0.15) is 0 Å². The predicted molar refractivity (Wildman–Crippen MR) is 106 cm³/mol. The third kappa shape index (κ3) is 3.72. The molecule has 1 saturated heterocycles.